The van der Waals surface area contributed by atoms with E-state index in [1.165, 1.54) is 38.1 Å². The Labute approximate surface area is 207 Å². The summed E-state index contributed by atoms with van der Waals surface area (Å²) in [7, 11) is 0. The highest BCUT2D eigenvalue weighted by Crippen LogP contribution is 2.34. The van der Waals surface area contributed by atoms with E-state index >= 15 is 0 Å². The maximum absolute atomic E-state index is 12.8. The number of aliphatic hydroxyl groups excluding tert-OH is 4. The Morgan fingerprint density at radius 3 is 2.36 bits per heavy atom. The van der Waals surface area contributed by atoms with E-state index in [-0.39, 0.29) is 29.8 Å². The first-order valence-corrected chi connectivity index (χ1v) is 11.6. The molecule has 12 nitrogen and oxygen atoms in total. The Hall–Kier alpha value is -2.58. The standard InChI is InChI=1S/C24H31NO11/c1-9(23(32)25-15-16(28)10(2)20-22(17(15)29)34-8-33-20)6-12-4-5-14(13(27)7-12)35-24-19(31)18(30)21(36-24)11(3)26/h4-7,10,15-22,24,27-31H,8H2,1-3H3,(H,25,32)/b9-6+/t10-,15-,16-,17-,18+,19+,20-,21-,22+,24-/m1/s1. The van der Waals surface area contributed by atoms with Gasteiger partial charge in [0.05, 0.1) is 18.2 Å². The van der Waals surface area contributed by atoms with Gasteiger partial charge in [0.1, 0.15) is 37.3 Å². The fraction of sp³-hybridized carbons (Fsp3) is 0.583. The number of aliphatic hydroxyl groups is 4. The number of carbonyl (C=O) groups is 2. The zero-order valence-corrected chi connectivity index (χ0v) is 20.0. The van der Waals surface area contributed by atoms with Crippen molar-refractivity contribution in [2.45, 2.75) is 75.8 Å². The van der Waals surface area contributed by atoms with Gasteiger partial charge in [-0.3, -0.25) is 9.59 Å². The topological polar surface area (TPSA) is 184 Å². The molecule has 10 atom stereocenters. The lowest BCUT2D eigenvalue weighted by Gasteiger charge is -2.42. The van der Waals surface area contributed by atoms with Crippen molar-refractivity contribution in [1.29, 1.82) is 0 Å². The molecule has 0 spiro atoms. The fourth-order valence-electron chi connectivity index (χ4n) is 4.74. The van der Waals surface area contributed by atoms with Crippen LogP contribution in [0.25, 0.3) is 6.08 Å². The quantitative estimate of drug-likeness (QED) is 0.253. The van der Waals surface area contributed by atoms with Gasteiger partial charge in [-0.1, -0.05) is 13.0 Å². The number of aromatic hydroxyl groups is 1. The van der Waals surface area contributed by atoms with E-state index in [1.54, 1.807) is 6.92 Å². The molecule has 0 unspecified atom stereocenters. The van der Waals surface area contributed by atoms with Gasteiger partial charge in [-0.2, -0.15) is 0 Å². The van der Waals surface area contributed by atoms with Crippen molar-refractivity contribution in [3.63, 3.8) is 0 Å². The van der Waals surface area contributed by atoms with Crippen molar-refractivity contribution in [2.75, 3.05) is 6.79 Å². The lowest BCUT2D eigenvalue weighted by molar-refractivity contribution is -0.141. The molecule has 1 saturated carbocycles. The van der Waals surface area contributed by atoms with Gasteiger partial charge in [0, 0.05) is 11.5 Å². The summed E-state index contributed by atoms with van der Waals surface area (Å²) in [6.07, 6.45) is -7.39. The number of benzene rings is 1. The van der Waals surface area contributed by atoms with Gasteiger partial charge >= 0.3 is 0 Å². The number of fused-ring (bicyclic) bond motifs is 1. The van der Waals surface area contributed by atoms with Crippen molar-refractivity contribution in [3.05, 3.63) is 29.3 Å². The molecule has 12 heteroatoms. The lowest BCUT2D eigenvalue weighted by atomic mass is 9.78. The summed E-state index contributed by atoms with van der Waals surface area (Å²) < 4.78 is 21.5. The van der Waals surface area contributed by atoms with Crippen LogP contribution in [0.15, 0.2) is 23.8 Å². The highest BCUT2D eigenvalue weighted by Gasteiger charge is 2.52. The summed E-state index contributed by atoms with van der Waals surface area (Å²) in [5.41, 5.74) is 0.676. The number of hydrogen-bond acceptors (Lipinski definition) is 11. The van der Waals surface area contributed by atoms with E-state index in [0.29, 0.717) is 5.56 Å². The van der Waals surface area contributed by atoms with Crippen LogP contribution in [-0.4, -0.2) is 99.1 Å². The van der Waals surface area contributed by atoms with Crippen LogP contribution < -0.4 is 10.1 Å². The Morgan fingerprint density at radius 1 is 1.03 bits per heavy atom. The number of nitrogens with one attached hydrogen (secondary N) is 1. The van der Waals surface area contributed by atoms with Crippen molar-refractivity contribution in [2.24, 2.45) is 5.92 Å². The van der Waals surface area contributed by atoms with E-state index in [0.717, 1.165) is 0 Å². The molecule has 1 aromatic rings. The molecular formula is C24H31NO11. The monoisotopic (exact) mass is 509 g/mol. The number of ketones is 1. The lowest BCUT2D eigenvalue weighted by Crippen LogP contribution is -2.64. The molecule has 0 radical (unpaired) electrons. The van der Waals surface area contributed by atoms with Crippen LogP contribution in [0.2, 0.25) is 0 Å². The van der Waals surface area contributed by atoms with Gasteiger partial charge in [0.25, 0.3) is 0 Å². The van der Waals surface area contributed by atoms with Crippen molar-refractivity contribution in [1.82, 2.24) is 5.32 Å². The van der Waals surface area contributed by atoms with Gasteiger partial charge in [0.15, 0.2) is 17.3 Å². The third-order valence-corrected chi connectivity index (χ3v) is 6.86. The average Bonchev–Trinajstić information content (AvgIpc) is 3.43. The third kappa shape index (κ3) is 4.98. The predicted octanol–water partition coefficient (Wildman–Crippen LogP) is -1.19. The number of hydrogen-bond donors (Lipinski definition) is 6. The average molecular weight is 510 g/mol. The molecule has 2 saturated heterocycles. The molecule has 1 aliphatic carbocycles. The molecule has 1 aromatic carbocycles. The Kier molecular flexibility index (Phi) is 7.67. The zero-order chi connectivity index (χ0) is 26.3. The largest absolute Gasteiger partial charge is 0.504 e. The summed E-state index contributed by atoms with van der Waals surface area (Å²) in [5, 5.41) is 54.2. The van der Waals surface area contributed by atoms with Crippen molar-refractivity contribution < 1.29 is 54.1 Å². The van der Waals surface area contributed by atoms with E-state index in [4.69, 9.17) is 18.9 Å². The molecule has 6 N–H and O–H groups in total. The van der Waals surface area contributed by atoms with Crippen LogP contribution in [0, 0.1) is 5.92 Å². The molecule has 3 aliphatic rings. The highest BCUT2D eigenvalue weighted by molar-refractivity contribution is 5.97. The molecule has 0 aromatic heterocycles. The molecular weight excluding hydrogens is 478 g/mol. The Morgan fingerprint density at radius 2 is 1.72 bits per heavy atom. The minimum absolute atomic E-state index is 0.00990. The van der Waals surface area contributed by atoms with E-state index in [1.807, 2.05) is 0 Å². The van der Waals surface area contributed by atoms with Gasteiger partial charge in [-0.25, -0.2) is 0 Å². The Balaban J connectivity index is 1.41. The predicted molar refractivity (Wildman–Crippen MR) is 121 cm³/mol. The van der Waals surface area contributed by atoms with Gasteiger partial charge in [0.2, 0.25) is 12.2 Å². The van der Waals surface area contributed by atoms with E-state index in [2.05, 4.69) is 5.32 Å². The van der Waals surface area contributed by atoms with Crippen molar-refractivity contribution >= 4 is 17.8 Å². The molecule has 3 fully saturated rings. The van der Waals surface area contributed by atoms with Gasteiger partial charge < -0.3 is 49.8 Å². The number of carbonyl (C=O) groups excluding carboxylic acids is 2. The molecule has 36 heavy (non-hydrogen) atoms. The second kappa shape index (κ2) is 10.4. The fourth-order valence-corrected chi connectivity index (χ4v) is 4.74. The number of ether oxygens (including phenoxy) is 4. The van der Waals surface area contributed by atoms with E-state index in [9.17, 15) is 35.1 Å². The minimum Gasteiger partial charge on any atom is -0.504 e. The SMILES string of the molecule is CC(=O)[C@H]1O[C@@H](Oc2ccc(/C=C(\C)C(=O)N[C@@H]3[C@H](O)[C@@H](C)[C@H]4OCO[C@H]4[C@@H]3O)cc2O)[C@@H](O)[C@@H]1O. The van der Waals surface area contributed by atoms with E-state index < -0.39 is 66.8 Å². The maximum atomic E-state index is 12.8. The summed E-state index contributed by atoms with van der Waals surface area (Å²) in [6.45, 7) is 4.51. The first kappa shape index (κ1) is 26.5. The van der Waals surface area contributed by atoms with Crippen LogP contribution in [0.1, 0.15) is 26.3 Å². The van der Waals surface area contributed by atoms with Gasteiger partial charge in [-0.15, -0.1) is 0 Å². The van der Waals surface area contributed by atoms with Gasteiger partial charge in [-0.05, 0) is 37.6 Å². The van der Waals surface area contributed by atoms with Crippen LogP contribution in [0.3, 0.4) is 0 Å². The summed E-state index contributed by atoms with van der Waals surface area (Å²) in [6, 6.07) is 3.26. The van der Waals surface area contributed by atoms with Crippen LogP contribution >= 0.6 is 0 Å². The number of amides is 1. The molecule has 4 rings (SSSR count). The first-order chi connectivity index (χ1) is 17.0. The summed E-state index contributed by atoms with van der Waals surface area (Å²) in [4.78, 5) is 24.3. The smallest absolute Gasteiger partial charge is 0.247 e. The molecule has 1 amide bonds. The molecule has 2 heterocycles. The first-order valence-electron chi connectivity index (χ1n) is 11.6. The maximum Gasteiger partial charge on any atom is 0.247 e. The molecule has 0 bridgehead atoms. The summed E-state index contributed by atoms with van der Waals surface area (Å²) >= 11 is 0. The van der Waals surface area contributed by atoms with Crippen LogP contribution in [-0.2, 0) is 23.8 Å². The third-order valence-electron chi connectivity index (χ3n) is 6.86. The van der Waals surface area contributed by atoms with Crippen LogP contribution in [0.4, 0.5) is 0 Å². The molecule has 198 valence electrons. The van der Waals surface area contributed by atoms with Crippen molar-refractivity contribution in [3.8, 4) is 11.5 Å². The summed E-state index contributed by atoms with van der Waals surface area (Å²) in [5.74, 6) is -1.77. The number of rotatable bonds is 6. The minimum atomic E-state index is -1.49. The number of Topliss-reactive ketones (excluding diaryl/α,β-unsaturated/α-hetero) is 1. The highest BCUT2D eigenvalue weighted by atomic mass is 16.7. The van der Waals surface area contributed by atoms with Crippen LogP contribution in [0.5, 0.6) is 11.5 Å². The second-order valence-corrected chi connectivity index (χ2v) is 9.41. The molecule has 2 aliphatic heterocycles. The normalized spacial score (nSPS) is 38.5. The second-order valence-electron chi connectivity index (χ2n) is 9.41. The number of phenolic OH excluding ortho intramolecular Hbond substituents is 1. The zero-order valence-electron chi connectivity index (χ0n) is 20.0. The number of phenols is 1. The Bertz CT molecular complexity index is 1030.